The monoisotopic (exact) mass is 199 g/mol. The van der Waals surface area contributed by atoms with E-state index >= 15 is 0 Å². The molecule has 2 rings (SSSR count). The lowest BCUT2D eigenvalue weighted by Crippen LogP contribution is -1.97. The highest BCUT2D eigenvalue weighted by atomic mass is 35.5. The molecule has 0 fully saturated rings. The fourth-order valence-corrected chi connectivity index (χ4v) is 1.61. The third-order valence-corrected chi connectivity index (χ3v) is 2.24. The molecule has 0 radical (unpaired) electrons. The molecule has 0 spiro atoms. The van der Waals surface area contributed by atoms with Crippen molar-refractivity contribution < 1.29 is 9.50 Å². The average molecular weight is 200 g/mol. The number of aliphatic hydroxyl groups is 1. The number of hydrogen-bond donors (Lipinski definition) is 1. The van der Waals surface area contributed by atoms with Gasteiger partial charge in [0.2, 0.25) is 0 Å². The Balaban J connectivity index is 2.88. The Morgan fingerprint density at radius 1 is 1.31 bits per heavy atom. The molecule has 2 aromatic heterocycles. The summed E-state index contributed by atoms with van der Waals surface area (Å²) in [4.78, 5) is 0. The summed E-state index contributed by atoms with van der Waals surface area (Å²) >= 11 is 5.81. The van der Waals surface area contributed by atoms with Gasteiger partial charge in [0.1, 0.15) is 11.0 Å². The van der Waals surface area contributed by atoms with E-state index in [1.54, 1.807) is 12.1 Å². The third-order valence-electron chi connectivity index (χ3n) is 1.95. The van der Waals surface area contributed by atoms with Gasteiger partial charge in [0.25, 0.3) is 0 Å². The van der Waals surface area contributed by atoms with Crippen LogP contribution < -0.4 is 0 Å². The second kappa shape index (κ2) is 3.01. The minimum atomic E-state index is -0.343. The van der Waals surface area contributed by atoms with E-state index in [2.05, 4.69) is 0 Å². The van der Waals surface area contributed by atoms with Crippen LogP contribution in [0.15, 0.2) is 24.3 Å². The van der Waals surface area contributed by atoms with Crippen molar-refractivity contribution in [1.29, 1.82) is 0 Å². The molecule has 1 N–H and O–H groups in total. The molecule has 0 unspecified atom stereocenters. The first-order valence-electron chi connectivity index (χ1n) is 3.79. The van der Waals surface area contributed by atoms with Crippen LogP contribution in [-0.2, 0) is 6.61 Å². The quantitative estimate of drug-likeness (QED) is 0.749. The lowest BCUT2D eigenvalue weighted by molar-refractivity contribution is 0.275. The molecule has 0 bridgehead atoms. The zero-order valence-corrected chi connectivity index (χ0v) is 7.42. The van der Waals surface area contributed by atoms with Gasteiger partial charge in [-0.25, -0.2) is 4.39 Å². The zero-order valence-electron chi connectivity index (χ0n) is 6.67. The normalized spacial score (nSPS) is 11.0. The number of nitrogens with zero attached hydrogens (tertiary/aromatic N) is 1. The standard InChI is InChI=1S/C9H7ClFNO/c10-9-4-3-8-7(11)2-1-6(5-13)12(8)9/h1-4,13H,5H2. The fraction of sp³-hybridized carbons (Fsp3) is 0.111. The molecule has 0 atom stereocenters. The molecule has 0 aliphatic carbocycles. The maximum atomic E-state index is 13.2. The summed E-state index contributed by atoms with van der Waals surface area (Å²) in [5.41, 5.74) is 0.961. The first-order valence-corrected chi connectivity index (χ1v) is 4.17. The topological polar surface area (TPSA) is 24.6 Å². The van der Waals surface area contributed by atoms with Crippen molar-refractivity contribution >= 4 is 17.1 Å². The van der Waals surface area contributed by atoms with Crippen molar-refractivity contribution in [3.8, 4) is 0 Å². The second-order valence-electron chi connectivity index (χ2n) is 2.71. The van der Waals surface area contributed by atoms with Gasteiger partial charge in [-0.1, -0.05) is 11.6 Å². The Hall–Kier alpha value is -1.06. The molecular weight excluding hydrogens is 193 g/mol. The molecule has 13 heavy (non-hydrogen) atoms. The molecule has 0 aromatic carbocycles. The minimum absolute atomic E-state index is 0.162. The van der Waals surface area contributed by atoms with E-state index < -0.39 is 0 Å². The van der Waals surface area contributed by atoms with Gasteiger partial charge >= 0.3 is 0 Å². The van der Waals surface area contributed by atoms with Gasteiger partial charge in [0, 0.05) is 5.69 Å². The van der Waals surface area contributed by atoms with Crippen LogP contribution in [0.1, 0.15) is 5.69 Å². The number of rotatable bonds is 1. The smallest absolute Gasteiger partial charge is 0.147 e. The average Bonchev–Trinajstić information content (AvgIpc) is 2.51. The molecule has 2 aromatic rings. The Kier molecular flexibility index (Phi) is 1.98. The summed E-state index contributed by atoms with van der Waals surface area (Å²) in [6.45, 7) is -0.162. The summed E-state index contributed by atoms with van der Waals surface area (Å²) in [5, 5.41) is 9.37. The van der Waals surface area contributed by atoms with Crippen molar-refractivity contribution in [1.82, 2.24) is 4.40 Å². The highest BCUT2D eigenvalue weighted by molar-refractivity contribution is 6.30. The van der Waals surface area contributed by atoms with Crippen LogP contribution in [0, 0.1) is 5.82 Å². The van der Waals surface area contributed by atoms with Crippen molar-refractivity contribution in [2.45, 2.75) is 6.61 Å². The minimum Gasteiger partial charge on any atom is -0.390 e. The Bertz CT molecular complexity index is 452. The van der Waals surface area contributed by atoms with Crippen LogP contribution in [0.2, 0.25) is 5.15 Å². The van der Waals surface area contributed by atoms with Crippen LogP contribution in [0.4, 0.5) is 4.39 Å². The van der Waals surface area contributed by atoms with Gasteiger partial charge in [-0.05, 0) is 24.3 Å². The van der Waals surface area contributed by atoms with Crippen LogP contribution in [0.3, 0.4) is 0 Å². The van der Waals surface area contributed by atoms with Crippen LogP contribution >= 0.6 is 11.6 Å². The summed E-state index contributed by atoms with van der Waals surface area (Å²) in [7, 11) is 0. The predicted molar refractivity (Wildman–Crippen MR) is 48.3 cm³/mol. The summed E-state index contributed by atoms with van der Waals surface area (Å²) < 4.78 is 14.6. The van der Waals surface area contributed by atoms with E-state index in [0.29, 0.717) is 16.4 Å². The number of aromatic nitrogens is 1. The first kappa shape index (κ1) is 8.53. The van der Waals surface area contributed by atoms with Crippen molar-refractivity contribution in [2.24, 2.45) is 0 Å². The summed E-state index contributed by atoms with van der Waals surface area (Å²) in [6, 6.07) is 6.00. The van der Waals surface area contributed by atoms with Gasteiger partial charge in [-0.3, -0.25) is 4.40 Å². The molecule has 2 nitrogen and oxygen atoms in total. The molecule has 0 saturated heterocycles. The molecule has 0 aliphatic heterocycles. The van der Waals surface area contributed by atoms with E-state index in [0.717, 1.165) is 0 Å². The first-order chi connectivity index (χ1) is 6.24. The molecule has 0 aliphatic rings. The third kappa shape index (κ3) is 1.20. The van der Waals surface area contributed by atoms with E-state index in [-0.39, 0.29) is 12.4 Å². The van der Waals surface area contributed by atoms with Crippen molar-refractivity contribution in [3.05, 3.63) is 40.9 Å². The predicted octanol–water partition coefficient (Wildman–Crippen LogP) is 2.22. The second-order valence-corrected chi connectivity index (χ2v) is 3.09. The van der Waals surface area contributed by atoms with E-state index in [1.807, 2.05) is 0 Å². The highest BCUT2D eigenvalue weighted by Gasteiger charge is 2.07. The summed E-state index contributed by atoms with van der Waals surface area (Å²) in [5.74, 6) is -0.343. The number of pyridine rings is 1. The number of fused-ring (bicyclic) bond motifs is 1. The van der Waals surface area contributed by atoms with Crippen LogP contribution in [0.25, 0.3) is 5.52 Å². The molecular formula is C9H7ClFNO. The zero-order chi connectivity index (χ0) is 9.42. The Morgan fingerprint density at radius 2 is 2.08 bits per heavy atom. The van der Waals surface area contributed by atoms with Crippen molar-refractivity contribution in [3.63, 3.8) is 0 Å². The lowest BCUT2D eigenvalue weighted by Gasteiger charge is -2.04. The van der Waals surface area contributed by atoms with E-state index in [4.69, 9.17) is 16.7 Å². The van der Waals surface area contributed by atoms with Gasteiger partial charge in [-0.15, -0.1) is 0 Å². The van der Waals surface area contributed by atoms with E-state index in [9.17, 15) is 4.39 Å². The highest BCUT2D eigenvalue weighted by Crippen LogP contribution is 2.20. The summed E-state index contributed by atoms with van der Waals surface area (Å²) in [6.07, 6.45) is 0. The Morgan fingerprint density at radius 3 is 2.77 bits per heavy atom. The number of hydrogen-bond acceptors (Lipinski definition) is 1. The molecule has 0 saturated carbocycles. The van der Waals surface area contributed by atoms with E-state index in [1.165, 1.54) is 16.5 Å². The fourth-order valence-electron chi connectivity index (χ4n) is 1.34. The van der Waals surface area contributed by atoms with Crippen LogP contribution in [-0.4, -0.2) is 9.51 Å². The largest absolute Gasteiger partial charge is 0.390 e. The SMILES string of the molecule is OCc1ccc(F)c2ccc(Cl)n12. The van der Waals surface area contributed by atoms with Crippen LogP contribution in [0.5, 0.6) is 0 Å². The maximum absolute atomic E-state index is 13.2. The molecule has 68 valence electrons. The van der Waals surface area contributed by atoms with Gasteiger partial charge < -0.3 is 5.11 Å². The number of halogens is 2. The van der Waals surface area contributed by atoms with Gasteiger partial charge in [-0.2, -0.15) is 0 Å². The van der Waals surface area contributed by atoms with Gasteiger partial charge in [0.05, 0.1) is 12.1 Å². The Labute approximate surface area is 79.2 Å². The molecule has 4 heteroatoms. The number of aliphatic hydroxyl groups excluding tert-OH is 1. The maximum Gasteiger partial charge on any atom is 0.147 e. The lowest BCUT2D eigenvalue weighted by atomic mass is 10.3. The van der Waals surface area contributed by atoms with Crippen molar-refractivity contribution in [2.75, 3.05) is 0 Å². The van der Waals surface area contributed by atoms with Gasteiger partial charge in [0.15, 0.2) is 0 Å². The molecule has 2 heterocycles. The molecule has 0 amide bonds.